The predicted octanol–water partition coefficient (Wildman–Crippen LogP) is 0.982. The van der Waals surface area contributed by atoms with Crippen LogP contribution in [-0.4, -0.2) is 35.0 Å². The van der Waals surface area contributed by atoms with Crippen molar-refractivity contribution in [1.82, 2.24) is 4.90 Å². The largest absolute Gasteiger partial charge is 0.480 e. The van der Waals surface area contributed by atoms with Crippen LogP contribution in [0.3, 0.4) is 0 Å². The number of amides is 1. The SMILES string of the molecule is C=CCN(CC(=O)O)C(=O)c1cccc(N)c1. The number of aliphatic carboxylic acids is 1. The Balaban J connectivity index is 2.90. The lowest BCUT2D eigenvalue weighted by atomic mass is 10.1. The highest BCUT2D eigenvalue weighted by atomic mass is 16.4. The van der Waals surface area contributed by atoms with E-state index in [4.69, 9.17) is 10.8 Å². The molecule has 5 heteroatoms. The standard InChI is InChI=1S/C12H14N2O3/c1-2-6-14(8-11(15)16)12(17)9-4-3-5-10(13)7-9/h2-5,7H,1,6,8,13H2,(H,15,16). The summed E-state index contributed by atoms with van der Waals surface area (Å²) in [5.41, 5.74) is 6.40. The van der Waals surface area contributed by atoms with Crippen molar-refractivity contribution < 1.29 is 14.7 Å². The number of anilines is 1. The molecule has 5 nitrogen and oxygen atoms in total. The summed E-state index contributed by atoms with van der Waals surface area (Å²) < 4.78 is 0. The third-order valence-corrected chi connectivity index (χ3v) is 2.10. The van der Waals surface area contributed by atoms with Gasteiger partial charge in [0.05, 0.1) is 0 Å². The first-order valence-corrected chi connectivity index (χ1v) is 5.02. The molecule has 17 heavy (non-hydrogen) atoms. The number of nitrogens with two attached hydrogens (primary N) is 1. The number of nitrogens with zero attached hydrogens (tertiary/aromatic N) is 1. The van der Waals surface area contributed by atoms with Crippen molar-refractivity contribution in [3.05, 3.63) is 42.5 Å². The van der Waals surface area contributed by atoms with Crippen LogP contribution < -0.4 is 5.73 Å². The molecule has 0 radical (unpaired) electrons. The van der Waals surface area contributed by atoms with Gasteiger partial charge in [-0.15, -0.1) is 6.58 Å². The summed E-state index contributed by atoms with van der Waals surface area (Å²) in [5, 5.41) is 8.71. The molecule has 0 heterocycles. The average molecular weight is 234 g/mol. The Morgan fingerprint density at radius 3 is 2.71 bits per heavy atom. The van der Waals surface area contributed by atoms with Gasteiger partial charge in [-0.2, -0.15) is 0 Å². The molecule has 0 aliphatic carbocycles. The van der Waals surface area contributed by atoms with Crippen LogP contribution in [0.5, 0.6) is 0 Å². The molecule has 0 aliphatic heterocycles. The molecule has 0 aromatic heterocycles. The lowest BCUT2D eigenvalue weighted by molar-refractivity contribution is -0.137. The van der Waals surface area contributed by atoms with Crippen LogP contribution >= 0.6 is 0 Å². The van der Waals surface area contributed by atoms with E-state index in [9.17, 15) is 9.59 Å². The number of carboxylic acids is 1. The van der Waals surface area contributed by atoms with Crippen molar-refractivity contribution in [2.24, 2.45) is 0 Å². The molecule has 1 aromatic carbocycles. The highest BCUT2D eigenvalue weighted by molar-refractivity contribution is 5.96. The van der Waals surface area contributed by atoms with E-state index in [1.165, 1.54) is 17.0 Å². The number of rotatable bonds is 5. The second-order valence-electron chi connectivity index (χ2n) is 3.49. The van der Waals surface area contributed by atoms with Crippen LogP contribution in [0.25, 0.3) is 0 Å². The van der Waals surface area contributed by atoms with Gasteiger partial charge in [-0.3, -0.25) is 9.59 Å². The molecule has 0 atom stereocenters. The Hall–Kier alpha value is -2.30. The van der Waals surface area contributed by atoms with E-state index in [-0.39, 0.29) is 19.0 Å². The van der Waals surface area contributed by atoms with Crippen LogP contribution in [0, 0.1) is 0 Å². The molecule has 0 fully saturated rings. The zero-order valence-corrected chi connectivity index (χ0v) is 9.30. The van der Waals surface area contributed by atoms with Gasteiger partial charge in [-0.1, -0.05) is 12.1 Å². The van der Waals surface area contributed by atoms with Crippen molar-refractivity contribution in [1.29, 1.82) is 0 Å². The number of hydrogen-bond acceptors (Lipinski definition) is 3. The first-order valence-electron chi connectivity index (χ1n) is 5.02. The number of benzene rings is 1. The minimum Gasteiger partial charge on any atom is -0.480 e. The molecule has 3 N–H and O–H groups in total. The molecule has 0 bridgehead atoms. The van der Waals surface area contributed by atoms with E-state index in [1.54, 1.807) is 18.2 Å². The van der Waals surface area contributed by atoms with Gasteiger partial charge in [0.15, 0.2) is 0 Å². The van der Waals surface area contributed by atoms with Gasteiger partial charge in [-0.05, 0) is 18.2 Å². The van der Waals surface area contributed by atoms with Crippen LogP contribution in [0.1, 0.15) is 10.4 Å². The van der Waals surface area contributed by atoms with Gasteiger partial charge in [0, 0.05) is 17.8 Å². The van der Waals surface area contributed by atoms with Crippen molar-refractivity contribution in [3.63, 3.8) is 0 Å². The Labute approximate surface area is 99.1 Å². The molecule has 0 unspecified atom stereocenters. The summed E-state index contributed by atoms with van der Waals surface area (Å²) in [6.07, 6.45) is 1.48. The van der Waals surface area contributed by atoms with Crippen molar-refractivity contribution in [2.75, 3.05) is 18.8 Å². The zero-order valence-electron chi connectivity index (χ0n) is 9.30. The zero-order chi connectivity index (χ0) is 12.8. The first-order chi connectivity index (χ1) is 8.04. The Morgan fingerprint density at radius 2 is 2.18 bits per heavy atom. The minimum atomic E-state index is -1.07. The number of carbonyl (C=O) groups excluding carboxylic acids is 1. The van der Waals surface area contributed by atoms with Crippen LogP contribution in [0.15, 0.2) is 36.9 Å². The second kappa shape index (κ2) is 5.69. The molecule has 0 aliphatic rings. The maximum Gasteiger partial charge on any atom is 0.323 e. The summed E-state index contributed by atoms with van der Waals surface area (Å²) in [4.78, 5) is 23.8. The van der Waals surface area contributed by atoms with Crippen molar-refractivity contribution in [3.8, 4) is 0 Å². The van der Waals surface area contributed by atoms with Gasteiger partial charge in [0.25, 0.3) is 5.91 Å². The van der Waals surface area contributed by atoms with Gasteiger partial charge in [0.1, 0.15) is 6.54 Å². The normalized spacial score (nSPS) is 9.65. The molecule has 0 saturated carbocycles. The average Bonchev–Trinajstić information content (AvgIpc) is 2.27. The Bertz CT molecular complexity index is 443. The summed E-state index contributed by atoms with van der Waals surface area (Å²) in [6.45, 7) is 3.31. The second-order valence-corrected chi connectivity index (χ2v) is 3.49. The number of carbonyl (C=O) groups is 2. The predicted molar refractivity (Wildman–Crippen MR) is 64.6 cm³/mol. The van der Waals surface area contributed by atoms with Crippen molar-refractivity contribution in [2.45, 2.75) is 0 Å². The van der Waals surface area contributed by atoms with Crippen LogP contribution in [-0.2, 0) is 4.79 Å². The van der Waals surface area contributed by atoms with Crippen LogP contribution in [0.4, 0.5) is 5.69 Å². The molecular weight excluding hydrogens is 220 g/mol. The quantitative estimate of drug-likeness (QED) is 0.587. The third-order valence-electron chi connectivity index (χ3n) is 2.10. The first kappa shape index (κ1) is 12.8. The fraction of sp³-hybridized carbons (Fsp3) is 0.167. The highest BCUT2D eigenvalue weighted by Gasteiger charge is 2.17. The van der Waals surface area contributed by atoms with E-state index in [0.29, 0.717) is 11.3 Å². The molecular formula is C12H14N2O3. The maximum atomic E-state index is 12.0. The van der Waals surface area contributed by atoms with Gasteiger partial charge >= 0.3 is 5.97 Å². The molecule has 1 amide bonds. The molecule has 0 saturated heterocycles. The minimum absolute atomic E-state index is 0.180. The maximum absolute atomic E-state index is 12.0. The molecule has 1 rings (SSSR count). The van der Waals surface area contributed by atoms with E-state index < -0.39 is 5.97 Å². The van der Waals surface area contributed by atoms with Crippen LogP contribution in [0.2, 0.25) is 0 Å². The topological polar surface area (TPSA) is 83.6 Å². The summed E-state index contributed by atoms with van der Waals surface area (Å²) in [6, 6.07) is 6.41. The lowest BCUT2D eigenvalue weighted by Gasteiger charge is -2.18. The number of hydrogen-bond donors (Lipinski definition) is 2. The lowest BCUT2D eigenvalue weighted by Crippen LogP contribution is -2.35. The summed E-state index contributed by atoms with van der Waals surface area (Å²) in [7, 11) is 0. The Morgan fingerprint density at radius 1 is 1.47 bits per heavy atom. The van der Waals surface area contributed by atoms with E-state index >= 15 is 0 Å². The van der Waals surface area contributed by atoms with Gasteiger partial charge in [0.2, 0.25) is 0 Å². The number of carboxylic acid groups (broad SMARTS) is 1. The molecule has 0 spiro atoms. The fourth-order valence-corrected chi connectivity index (χ4v) is 1.39. The third kappa shape index (κ3) is 3.64. The summed E-state index contributed by atoms with van der Waals surface area (Å²) in [5.74, 6) is -1.44. The fourth-order valence-electron chi connectivity index (χ4n) is 1.39. The Kier molecular flexibility index (Phi) is 4.28. The van der Waals surface area contributed by atoms with Gasteiger partial charge in [-0.25, -0.2) is 0 Å². The van der Waals surface area contributed by atoms with E-state index in [1.807, 2.05) is 0 Å². The number of nitrogen functional groups attached to an aromatic ring is 1. The summed E-state index contributed by atoms with van der Waals surface area (Å²) >= 11 is 0. The smallest absolute Gasteiger partial charge is 0.323 e. The van der Waals surface area contributed by atoms with E-state index in [0.717, 1.165) is 0 Å². The van der Waals surface area contributed by atoms with Crippen molar-refractivity contribution >= 4 is 17.6 Å². The van der Waals surface area contributed by atoms with E-state index in [2.05, 4.69) is 6.58 Å². The highest BCUT2D eigenvalue weighted by Crippen LogP contribution is 2.09. The van der Waals surface area contributed by atoms with Gasteiger partial charge < -0.3 is 15.7 Å². The molecule has 1 aromatic rings. The molecule has 90 valence electrons. The monoisotopic (exact) mass is 234 g/mol.